The lowest BCUT2D eigenvalue weighted by molar-refractivity contribution is 0.250. The number of halogens is 2. The first-order valence-corrected chi connectivity index (χ1v) is 11.4. The van der Waals surface area contributed by atoms with Crippen LogP contribution in [0.1, 0.15) is 31.2 Å². The SMILES string of the molecule is CCOc1cc(Nc2nc(-c3c(F)cccc3F)nc3ccnn23)ccc1C1CCN(C)CC1. The largest absolute Gasteiger partial charge is 0.494 e. The molecule has 1 fully saturated rings. The van der Waals surface area contributed by atoms with Gasteiger partial charge in [0.1, 0.15) is 17.4 Å². The average molecular weight is 465 g/mol. The van der Waals surface area contributed by atoms with Crippen molar-refractivity contribution in [2.45, 2.75) is 25.7 Å². The fraction of sp³-hybridized carbons (Fsp3) is 0.320. The predicted molar refractivity (Wildman–Crippen MR) is 126 cm³/mol. The van der Waals surface area contributed by atoms with Crippen molar-refractivity contribution >= 4 is 17.3 Å². The third-order valence-electron chi connectivity index (χ3n) is 6.17. The van der Waals surface area contributed by atoms with E-state index in [-0.39, 0.29) is 11.4 Å². The molecule has 4 aromatic rings. The fourth-order valence-electron chi connectivity index (χ4n) is 4.41. The number of nitrogens with one attached hydrogen (secondary N) is 1. The van der Waals surface area contributed by atoms with Gasteiger partial charge >= 0.3 is 0 Å². The first kappa shape index (κ1) is 22.2. The molecule has 0 saturated carbocycles. The number of fused-ring (bicyclic) bond motifs is 1. The van der Waals surface area contributed by atoms with Crippen molar-refractivity contribution < 1.29 is 13.5 Å². The highest BCUT2D eigenvalue weighted by Gasteiger charge is 2.22. The Hall–Kier alpha value is -3.59. The van der Waals surface area contributed by atoms with E-state index >= 15 is 0 Å². The van der Waals surface area contributed by atoms with Crippen LogP contribution in [0.25, 0.3) is 17.0 Å². The lowest BCUT2D eigenvalue weighted by Gasteiger charge is -2.30. The van der Waals surface area contributed by atoms with Crippen LogP contribution in [0, 0.1) is 11.6 Å². The molecule has 5 rings (SSSR count). The van der Waals surface area contributed by atoms with E-state index in [9.17, 15) is 8.78 Å². The highest BCUT2D eigenvalue weighted by Crippen LogP contribution is 2.36. The van der Waals surface area contributed by atoms with Crippen molar-refractivity contribution in [3.05, 3.63) is 65.9 Å². The third kappa shape index (κ3) is 4.31. The van der Waals surface area contributed by atoms with Gasteiger partial charge in [0, 0.05) is 17.8 Å². The molecule has 0 radical (unpaired) electrons. The van der Waals surface area contributed by atoms with Crippen molar-refractivity contribution in [2.24, 2.45) is 0 Å². The first-order chi connectivity index (χ1) is 16.5. The summed E-state index contributed by atoms with van der Waals surface area (Å²) in [6, 6.07) is 11.3. The standard InChI is InChI=1S/C25H26F2N6O/c1-3-34-21-15-17(7-8-18(21)16-10-13-32(2)14-11-16)29-25-31-24(30-22-9-12-28-33(22)25)23-19(26)5-4-6-20(23)27/h4-9,12,15-16H,3,10-11,13-14H2,1-2H3,(H,29,30,31). The molecule has 1 aliphatic rings. The molecule has 9 heteroatoms. The summed E-state index contributed by atoms with van der Waals surface area (Å²) in [5.41, 5.74) is 2.07. The Bertz CT molecular complexity index is 1300. The summed E-state index contributed by atoms with van der Waals surface area (Å²) in [6.45, 7) is 4.63. The number of rotatable bonds is 6. The van der Waals surface area contributed by atoms with E-state index in [1.54, 1.807) is 12.3 Å². The van der Waals surface area contributed by atoms with Crippen LogP contribution < -0.4 is 10.1 Å². The average Bonchev–Trinajstić information content (AvgIpc) is 3.29. The van der Waals surface area contributed by atoms with Gasteiger partial charge in [0.15, 0.2) is 11.5 Å². The molecule has 34 heavy (non-hydrogen) atoms. The van der Waals surface area contributed by atoms with Crippen LogP contribution >= 0.6 is 0 Å². The molecule has 0 aliphatic carbocycles. The molecule has 3 heterocycles. The van der Waals surface area contributed by atoms with E-state index < -0.39 is 11.6 Å². The zero-order valence-corrected chi connectivity index (χ0v) is 19.1. The minimum absolute atomic E-state index is 0.0564. The molecule has 1 aliphatic heterocycles. The van der Waals surface area contributed by atoms with Crippen LogP contribution in [-0.4, -0.2) is 51.2 Å². The molecule has 176 valence electrons. The monoisotopic (exact) mass is 464 g/mol. The number of hydrogen-bond donors (Lipinski definition) is 1. The second-order valence-corrected chi connectivity index (χ2v) is 8.46. The highest BCUT2D eigenvalue weighted by molar-refractivity contribution is 5.65. The van der Waals surface area contributed by atoms with Crippen molar-refractivity contribution in [1.29, 1.82) is 0 Å². The van der Waals surface area contributed by atoms with Gasteiger partial charge in [0.2, 0.25) is 5.95 Å². The smallest absolute Gasteiger partial charge is 0.232 e. The fourth-order valence-corrected chi connectivity index (χ4v) is 4.41. The number of anilines is 2. The number of nitrogens with zero attached hydrogens (tertiary/aromatic N) is 5. The number of benzene rings is 2. The minimum Gasteiger partial charge on any atom is -0.494 e. The molecular weight excluding hydrogens is 438 g/mol. The van der Waals surface area contributed by atoms with E-state index in [1.807, 2.05) is 19.1 Å². The van der Waals surface area contributed by atoms with Gasteiger partial charge in [-0.2, -0.15) is 14.6 Å². The van der Waals surface area contributed by atoms with Gasteiger partial charge in [-0.05, 0) is 69.6 Å². The Labute approximate surface area is 196 Å². The number of hydrogen-bond acceptors (Lipinski definition) is 6. The molecule has 1 saturated heterocycles. The molecule has 0 unspecified atom stereocenters. The van der Waals surface area contributed by atoms with E-state index in [4.69, 9.17) is 4.74 Å². The molecule has 0 spiro atoms. The Kier molecular flexibility index (Phi) is 6.10. The minimum atomic E-state index is -0.726. The summed E-state index contributed by atoms with van der Waals surface area (Å²) in [6.07, 6.45) is 3.73. The van der Waals surface area contributed by atoms with Gasteiger partial charge in [0.25, 0.3) is 0 Å². The zero-order valence-electron chi connectivity index (χ0n) is 19.1. The van der Waals surface area contributed by atoms with Crippen LogP contribution in [0.4, 0.5) is 20.4 Å². The normalized spacial score (nSPS) is 15.1. The summed E-state index contributed by atoms with van der Waals surface area (Å²) in [5.74, 6) is 0.0561. The zero-order chi connectivity index (χ0) is 23.7. The number of aromatic nitrogens is 4. The second-order valence-electron chi connectivity index (χ2n) is 8.46. The molecule has 1 N–H and O–H groups in total. The molecule has 0 atom stereocenters. The number of ether oxygens (including phenoxy) is 1. The summed E-state index contributed by atoms with van der Waals surface area (Å²) >= 11 is 0. The van der Waals surface area contributed by atoms with Gasteiger partial charge in [-0.25, -0.2) is 13.8 Å². The van der Waals surface area contributed by atoms with Crippen LogP contribution in [0.2, 0.25) is 0 Å². The second kappa shape index (κ2) is 9.34. The first-order valence-electron chi connectivity index (χ1n) is 11.4. The lowest BCUT2D eigenvalue weighted by Crippen LogP contribution is -2.29. The molecular formula is C25H26F2N6O. The maximum Gasteiger partial charge on any atom is 0.232 e. The number of piperidine rings is 1. The Morgan fingerprint density at radius 2 is 1.82 bits per heavy atom. The van der Waals surface area contributed by atoms with Crippen LogP contribution in [-0.2, 0) is 0 Å². The van der Waals surface area contributed by atoms with Crippen molar-refractivity contribution in [2.75, 3.05) is 32.1 Å². The Morgan fingerprint density at radius 1 is 1.06 bits per heavy atom. The van der Waals surface area contributed by atoms with Gasteiger partial charge < -0.3 is 15.0 Å². The quantitative estimate of drug-likeness (QED) is 0.432. The maximum atomic E-state index is 14.4. The van der Waals surface area contributed by atoms with Crippen molar-refractivity contribution in [1.82, 2.24) is 24.5 Å². The maximum absolute atomic E-state index is 14.4. The van der Waals surface area contributed by atoms with Crippen molar-refractivity contribution in [3.63, 3.8) is 0 Å². The van der Waals surface area contributed by atoms with Gasteiger partial charge in [0.05, 0.1) is 18.4 Å². The van der Waals surface area contributed by atoms with E-state index in [0.29, 0.717) is 24.1 Å². The molecule has 0 amide bonds. The highest BCUT2D eigenvalue weighted by atomic mass is 19.1. The molecule has 2 aromatic heterocycles. The summed E-state index contributed by atoms with van der Waals surface area (Å²) in [7, 11) is 2.14. The van der Waals surface area contributed by atoms with E-state index in [2.05, 4.69) is 38.4 Å². The van der Waals surface area contributed by atoms with E-state index in [0.717, 1.165) is 37.4 Å². The van der Waals surface area contributed by atoms with Crippen LogP contribution in [0.15, 0.2) is 48.7 Å². The predicted octanol–water partition coefficient (Wildman–Crippen LogP) is 5.02. The van der Waals surface area contributed by atoms with E-state index in [1.165, 1.54) is 28.3 Å². The summed E-state index contributed by atoms with van der Waals surface area (Å²) < 4.78 is 36.3. The Balaban J connectivity index is 1.51. The molecule has 0 bridgehead atoms. The topological polar surface area (TPSA) is 67.6 Å². The third-order valence-corrected chi connectivity index (χ3v) is 6.17. The van der Waals surface area contributed by atoms with Crippen LogP contribution in [0.5, 0.6) is 5.75 Å². The lowest BCUT2D eigenvalue weighted by atomic mass is 9.89. The van der Waals surface area contributed by atoms with Crippen LogP contribution in [0.3, 0.4) is 0 Å². The summed E-state index contributed by atoms with van der Waals surface area (Å²) in [4.78, 5) is 11.0. The summed E-state index contributed by atoms with van der Waals surface area (Å²) in [5, 5.41) is 7.49. The van der Waals surface area contributed by atoms with Gasteiger partial charge in [-0.3, -0.25) is 0 Å². The molecule has 2 aromatic carbocycles. The van der Waals surface area contributed by atoms with Gasteiger partial charge in [-0.15, -0.1) is 0 Å². The van der Waals surface area contributed by atoms with Gasteiger partial charge in [-0.1, -0.05) is 12.1 Å². The Morgan fingerprint density at radius 3 is 2.56 bits per heavy atom. The molecule has 7 nitrogen and oxygen atoms in total. The van der Waals surface area contributed by atoms with Crippen molar-refractivity contribution in [3.8, 4) is 17.1 Å². The number of likely N-dealkylation sites (tertiary alicyclic amines) is 1.